The van der Waals surface area contributed by atoms with Crippen LogP contribution in [0, 0.1) is 18.3 Å². The molecule has 0 amide bonds. The monoisotopic (exact) mass is 325 g/mol. The van der Waals surface area contributed by atoms with Crippen LogP contribution in [0.5, 0.6) is 11.5 Å². The molecule has 0 radical (unpaired) electrons. The summed E-state index contributed by atoms with van der Waals surface area (Å²) in [5.41, 5.74) is 2.27. The molecule has 1 aliphatic carbocycles. The Bertz CT molecular complexity index is 783. The van der Waals surface area contributed by atoms with E-state index in [9.17, 15) is 4.79 Å². The highest BCUT2D eigenvalue weighted by atomic mass is 16.5. The van der Waals surface area contributed by atoms with Crippen molar-refractivity contribution in [1.29, 1.82) is 5.26 Å². The van der Waals surface area contributed by atoms with Gasteiger partial charge in [0.1, 0.15) is 18.0 Å². The minimum Gasteiger partial charge on any atom is -0.465 e. The standard InChI is InChI=1S/C18H19N3O3/c1-3-23-16(22)11-21-12(2)18(17(20-21)14-6-7-14)24-15-8-4-13(10-19)5-9-15/h4-5,8-9,14H,3,6-7,11H2,1-2H3. The van der Waals surface area contributed by atoms with E-state index in [0.29, 0.717) is 29.6 Å². The van der Waals surface area contributed by atoms with E-state index >= 15 is 0 Å². The maximum Gasteiger partial charge on any atom is 0.327 e. The van der Waals surface area contributed by atoms with Crippen LogP contribution in [0.2, 0.25) is 0 Å². The van der Waals surface area contributed by atoms with E-state index in [1.165, 1.54) is 0 Å². The normalized spacial score (nSPS) is 13.4. The summed E-state index contributed by atoms with van der Waals surface area (Å²) in [5.74, 6) is 1.43. The highest BCUT2D eigenvalue weighted by Gasteiger charge is 2.32. The molecule has 2 aromatic rings. The molecule has 1 heterocycles. The maximum absolute atomic E-state index is 11.7. The molecule has 1 aromatic heterocycles. The van der Waals surface area contributed by atoms with Gasteiger partial charge in [0.25, 0.3) is 0 Å². The largest absolute Gasteiger partial charge is 0.465 e. The molecule has 1 fully saturated rings. The Labute approximate surface area is 140 Å². The Morgan fingerprint density at radius 2 is 2.08 bits per heavy atom. The molecule has 0 unspecified atom stereocenters. The summed E-state index contributed by atoms with van der Waals surface area (Å²) in [6, 6.07) is 9.03. The van der Waals surface area contributed by atoms with Crippen LogP contribution in [0.1, 0.15) is 42.6 Å². The lowest BCUT2D eigenvalue weighted by atomic mass is 10.2. The van der Waals surface area contributed by atoms with Crippen molar-refractivity contribution < 1.29 is 14.3 Å². The lowest BCUT2D eigenvalue weighted by Crippen LogP contribution is -2.15. The molecule has 6 heteroatoms. The zero-order chi connectivity index (χ0) is 17.1. The predicted molar refractivity (Wildman–Crippen MR) is 86.8 cm³/mol. The van der Waals surface area contributed by atoms with Gasteiger partial charge in [-0.1, -0.05) is 0 Å². The zero-order valence-electron chi connectivity index (χ0n) is 13.8. The van der Waals surface area contributed by atoms with Crippen LogP contribution in [0.25, 0.3) is 0 Å². The molecule has 0 atom stereocenters. The molecule has 24 heavy (non-hydrogen) atoms. The quantitative estimate of drug-likeness (QED) is 0.762. The van der Waals surface area contributed by atoms with Crippen LogP contribution >= 0.6 is 0 Å². The van der Waals surface area contributed by atoms with Crippen LogP contribution in [0.4, 0.5) is 0 Å². The molecule has 1 aromatic carbocycles. The van der Waals surface area contributed by atoms with E-state index in [1.807, 2.05) is 6.92 Å². The van der Waals surface area contributed by atoms with Crippen LogP contribution < -0.4 is 4.74 Å². The van der Waals surface area contributed by atoms with Gasteiger partial charge in [-0.25, -0.2) is 0 Å². The lowest BCUT2D eigenvalue weighted by Gasteiger charge is -2.07. The van der Waals surface area contributed by atoms with Crippen molar-refractivity contribution in [1.82, 2.24) is 9.78 Å². The third-order valence-corrected chi connectivity index (χ3v) is 3.93. The van der Waals surface area contributed by atoms with Gasteiger partial charge >= 0.3 is 5.97 Å². The van der Waals surface area contributed by atoms with Gasteiger partial charge in [0.2, 0.25) is 0 Å². The van der Waals surface area contributed by atoms with Crippen LogP contribution in [-0.2, 0) is 16.1 Å². The first kappa shape index (κ1) is 16.1. The Morgan fingerprint density at radius 3 is 2.67 bits per heavy atom. The summed E-state index contributed by atoms with van der Waals surface area (Å²) in [6.45, 7) is 4.10. The predicted octanol–water partition coefficient (Wildman–Crippen LogP) is 3.30. The second kappa shape index (κ2) is 6.75. The first-order valence-corrected chi connectivity index (χ1v) is 8.03. The molecular weight excluding hydrogens is 306 g/mol. The van der Waals surface area contributed by atoms with E-state index < -0.39 is 0 Å². The second-order valence-electron chi connectivity index (χ2n) is 5.77. The van der Waals surface area contributed by atoms with E-state index in [2.05, 4.69) is 11.2 Å². The molecule has 0 saturated heterocycles. The Balaban J connectivity index is 1.86. The van der Waals surface area contributed by atoms with Gasteiger partial charge in [-0.3, -0.25) is 9.48 Å². The van der Waals surface area contributed by atoms with Gasteiger partial charge in [0, 0.05) is 5.92 Å². The fourth-order valence-electron chi connectivity index (χ4n) is 2.50. The summed E-state index contributed by atoms with van der Waals surface area (Å²) < 4.78 is 12.7. The van der Waals surface area contributed by atoms with Crippen LogP contribution in [0.15, 0.2) is 24.3 Å². The Morgan fingerprint density at radius 1 is 1.38 bits per heavy atom. The molecule has 6 nitrogen and oxygen atoms in total. The molecule has 1 saturated carbocycles. The summed E-state index contributed by atoms with van der Waals surface area (Å²) in [5, 5.41) is 13.4. The summed E-state index contributed by atoms with van der Waals surface area (Å²) in [4.78, 5) is 11.7. The fourth-order valence-corrected chi connectivity index (χ4v) is 2.50. The van der Waals surface area contributed by atoms with Gasteiger partial charge in [-0.05, 0) is 51.0 Å². The van der Waals surface area contributed by atoms with Gasteiger partial charge in [-0.15, -0.1) is 0 Å². The van der Waals surface area contributed by atoms with Crippen molar-refractivity contribution in [3.63, 3.8) is 0 Å². The van der Waals surface area contributed by atoms with E-state index in [4.69, 9.17) is 14.7 Å². The van der Waals surface area contributed by atoms with Crippen LogP contribution in [0.3, 0.4) is 0 Å². The van der Waals surface area contributed by atoms with E-state index in [0.717, 1.165) is 24.2 Å². The average Bonchev–Trinajstić information content (AvgIpc) is 3.38. The third-order valence-electron chi connectivity index (χ3n) is 3.93. The lowest BCUT2D eigenvalue weighted by molar-refractivity contribution is -0.144. The van der Waals surface area contributed by atoms with E-state index in [1.54, 1.807) is 35.9 Å². The number of esters is 1. The smallest absolute Gasteiger partial charge is 0.327 e. The minimum atomic E-state index is -0.310. The van der Waals surface area contributed by atoms with E-state index in [-0.39, 0.29) is 12.5 Å². The average molecular weight is 325 g/mol. The minimum absolute atomic E-state index is 0.0795. The summed E-state index contributed by atoms with van der Waals surface area (Å²) >= 11 is 0. The topological polar surface area (TPSA) is 77.1 Å². The molecule has 0 spiro atoms. The number of benzene rings is 1. The number of ether oxygens (including phenoxy) is 2. The summed E-state index contributed by atoms with van der Waals surface area (Å²) in [6.07, 6.45) is 2.17. The Hall–Kier alpha value is -2.81. The number of hydrogen-bond acceptors (Lipinski definition) is 5. The summed E-state index contributed by atoms with van der Waals surface area (Å²) in [7, 11) is 0. The number of hydrogen-bond donors (Lipinski definition) is 0. The van der Waals surface area contributed by atoms with Crippen molar-refractivity contribution in [3.05, 3.63) is 41.2 Å². The first-order chi connectivity index (χ1) is 11.6. The first-order valence-electron chi connectivity index (χ1n) is 8.03. The fraction of sp³-hybridized carbons (Fsp3) is 0.389. The van der Waals surface area contributed by atoms with Crippen molar-refractivity contribution in [2.75, 3.05) is 6.61 Å². The molecule has 0 N–H and O–H groups in total. The van der Waals surface area contributed by atoms with Crippen molar-refractivity contribution in [2.24, 2.45) is 0 Å². The van der Waals surface area contributed by atoms with Crippen LogP contribution in [-0.4, -0.2) is 22.4 Å². The number of carbonyl (C=O) groups excluding carboxylic acids is 1. The molecule has 124 valence electrons. The van der Waals surface area contributed by atoms with Gasteiger partial charge in [-0.2, -0.15) is 10.4 Å². The SMILES string of the molecule is CCOC(=O)Cn1nc(C2CC2)c(Oc2ccc(C#N)cc2)c1C. The molecule has 1 aliphatic rings. The highest BCUT2D eigenvalue weighted by Crippen LogP contribution is 2.45. The molecular formula is C18H19N3O3. The number of nitriles is 1. The third kappa shape index (κ3) is 3.40. The number of carbonyl (C=O) groups is 1. The number of nitrogens with zero attached hydrogens (tertiary/aromatic N) is 3. The number of aromatic nitrogens is 2. The molecule has 0 aliphatic heterocycles. The van der Waals surface area contributed by atoms with Crippen molar-refractivity contribution in [3.8, 4) is 17.6 Å². The molecule has 3 rings (SSSR count). The number of rotatable bonds is 6. The van der Waals surface area contributed by atoms with Crippen molar-refractivity contribution >= 4 is 5.97 Å². The zero-order valence-corrected chi connectivity index (χ0v) is 13.8. The highest BCUT2D eigenvalue weighted by molar-refractivity contribution is 5.69. The maximum atomic E-state index is 11.7. The van der Waals surface area contributed by atoms with Gasteiger partial charge < -0.3 is 9.47 Å². The Kier molecular flexibility index (Phi) is 4.52. The second-order valence-corrected chi connectivity index (χ2v) is 5.77. The van der Waals surface area contributed by atoms with Crippen molar-refractivity contribution in [2.45, 2.75) is 39.2 Å². The van der Waals surface area contributed by atoms with Gasteiger partial charge in [0.15, 0.2) is 5.75 Å². The molecule has 0 bridgehead atoms. The van der Waals surface area contributed by atoms with Gasteiger partial charge in [0.05, 0.1) is 23.9 Å².